The number of benzene rings is 2. The van der Waals surface area contributed by atoms with E-state index >= 15 is 0 Å². The highest BCUT2D eigenvalue weighted by Crippen LogP contribution is 2.31. The number of thioether (sulfide) groups is 1. The van der Waals surface area contributed by atoms with E-state index in [0.717, 1.165) is 38.8 Å². The van der Waals surface area contributed by atoms with E-state index in [4.69, 9.17) is 17.0 Å². The Kier molecular flexibility index (Phi) is 5.75. The van der Waals surface area contributed by atoms with E-state index in [9.17, 15) is 4.79 Å². The number of nitrogens with one attached hydrogen (secondary N) is 1. The molecule has 0 fully saturated rings. The van der Waals surface area contributed by atoms with Gasteiger partial charge in [-0.3, -0.25) is 10.2 Å². The number of amides is 1. The second-order valence-corrected chi connectivity index (χ2v) is 9.72. The summed E-state index contributed by atoms with van der Waals surface area (Å²) in [6, 6.07) is 17.9. The number of rotatable bonds is 4. The number of carbonyl (C=O) groups is 1. The van der Waals surface area contributed by atoms with E-state index in [-0.39, 0.29) is 11.4 Å². The zero-order valence-electron chi connectivity index (χ0n) is 19.0. The van der Waals surface area contributed by atoms with Crippen molar-refractivity contribution in [3.63, 3.8) is 0 Å². The molecule has 0 radical (unpaired) electrons. The van der Waals surface area contributed by atoms with Crippen LogP contribution in [0.15, 0.2) is 70.3 Å². The van der Waals surface area contributed by atoms with Gasteiger partial charge in [0.05, 0.1) is 5.57 Å². The molecule has 1 amide bonds. The van der Waals surface area contributed by atoms with Crippen LogP contribution in [-0.4, -0.2) is 31.5 Å². The maximum absolute atomic E-state index is 12.9. The summed E-state index contributed by atoms with van der Waals surface area (Å²) >= 11 is 7.69. The number of carbonyl (C=O) groups excluding carboxylic acids is 1. The molecule has 2 aliphatic rings. The molecular weight excluding hydrogens is 466 g/mol. The highest BCUT2D eigenvalue weighted by atomic mass is 35.5. The normalized spacial score (nSPS) is 16.7. The van der Waals surface area contributed by atoms with Gasteiger partial charge in [-0.25, -0.2) is 0 Å². The Labute approximate surface area is 207 Å². The van der Waals surface area contributed by atoms with Crippen LogP contribution < -0.4 is 0 Å². The Morgan fingerprint density at radius 1 is 1.09 bits per heavy atom. The first-order valence-corrected chi connectivity index (χ1v) is 12.0. The molecule has 2 aromatic carbocycles. The van der Waals surface area contributed by atoms with Crippen LogP contribution >= 0.6 is 23.4 Å². The van der Waals surface area contributed by atoms with E-state index in [2.05, 4.69) is 14.7 Å². The van der Waals surface area contributed by atoms with Gasteiger partial charge >= 0.3 is 0 Å². The molecule has 0 saturated heterocycles. The fourth-order valence-corrected chi connectivity index (χ4v) is 5.18. The summed E-state index contributed by atoms with van der Waals surface area (Å²) in [6.45, 7) is 5.96. The topological polar surface area (TPSA) is 73.8 Å². The minimum absolute atomic E-state index is 0.0359. The van der Waals surface area contributed by atoms with E-state index in [1.54, 1.807) is 6.08 Å². The van der Waals surface area contributed by atoms with Gasteiger partial charge in [0.1, 0.15) is 5.04 Å². The van der Waals surface area contributed by atoms with Crippen LogP contribution in [0.1, 0.15) is 28.1 Å². The second kappa shape index (κ2) is 8.74. The molecule has 0 atom stereocenters. The van der Waals surface area contributed by atoms with Gasteiger partial charge in [-0.1, -0.05) is 48.0 Å². The molecule has 34 heavy (non-hydrogen) atoms. The molecule has 2 aliphatic heterocycles. The zero-order chi connectivity index (χ0) is 24.0. The van der Waals surface area contributed by atoms with Crippen molar-refractivity contribution in [1.29, 1.82) is 5.41 Å². The predicted octanol–water partition coefficient (Wildman–Crippen LogP) is 5.92. The SMILES string of the molecule is Cc1ccc(-n2c(C)cc(C=C3C(=N)N4N=C(Cc5ccccc5)SC4=NC3=O)c2C)cc1Cl. The molecule has 8 heteroatoms. The number of fused-ring (bicyclic) bond motifs is 1. The van der Waals surface area contributed by atoms with Crippen molar-refractivity contribution < 1.29 is 4.79 Å². The fourth-order valence-electron chi connectivity index (χ4n) is 4.08. The molecule has 3 aromatic rings. The fraction of sp³-hybridized carbons (Fsp3) is 0.154. The maximum Gasteiger partial charge on any atom is 0.283 e. The molecule has 5 rings (SSSR count). The van der Waals surface area contributed by atoms with E-state index in [0.29, 0.717) is 16.6 Å². The molecule has 0 aliphatic carbocycles. The van der Waals surface area contributed by atoms with Gasteiger partial charge in [-0.05, 0) is 73.5 Å². The first-order chi connectivity index (χ1) is 16.3. The Morgan fingerprint density at radius 3 is 2.59 bits per heavy atom. The van der Waals surface area contributed by atoms with Crippen LogP contribution in [0.25, 0.3) is 11.8 Å². The summed E-state index contributed by atoms with van der Waals surface area (Å²) in [6.07, 6.45) is 2.36. The van der Waals surface area contributed by atoms with Crippen molar-refractivity contribution in [2.24, 2.45) is 10.1 Å². The van der Waals surface area contributed by atoms with Crippen LogP contribution in [0.2, 0.25) is 5.02 Å². The number of aryl methyl sites for hydroxylation is 2. The van der Waals surface area contributed by atoms with Crippen molar-refractivity contribution in [3.05, 3.63) is 93.3 Å². The molecule has 0 unspecified atom stereocenters. The van der Waals surface area contributed by atoms with Crippen molar-refractivity contribution in [2.45, 2.75) is 27.2 Å². The average molecular weight is 488 g/mol. The third kappa shape index (κ3) is 4.02. The molecular formula is C26H22ClN5OS. The second-order valence-electron chi connectivity index (χ2n) is 8.27. The lowest BCUT2D eigenvalue weighted by molar-refractivity contribution is -0.114. The number of halogens is 1. The van der Waals surface area contributed by atoms with E-state index in [1.807, 2.05) is 75.4 Å². The number of aliphatic imine (C=N–C) groups is 1. The van der Waals surface area contributed by atoms with E-state index < -0.39 is 5.91 Å². The summed E-state index contributed by atoms with van der Waals surface area (Å²) in [7, 11) is 0. The lowest BCUT2D eigenvalue weighted by atomic mass is 10.1. The summed E-state index contributed by atoms with van der Waals surface area (Å²) in [5.74, 6) is -0.392. The number of hydrogen-bond donors (Lipinski definition) is 1. The average Bonchev–Trinajstić information content (AvgIpc) is 3.33. The van der Waals surface area contributed by atoms with Gasteiger partial charge in [0.25, 0.3) is 5.91 Å². The van der Waals surface area contributed by atoms with Gasteiger partial charge in [0.15, 0.2) is 5.84 Å². The van der Waals surface area contributed by atoms with Crippen LogP contribution in [-0.2, 0) is 11.2 Å². The monoisotopic (exact) mass is 487 g/mol. The number of hydrazone groups is 1. The summed E-state index contributed by atoms with van der Waals surface area (Å²) in [5.41, 5.74) is 6.10. The molecule has 0 saturated carbocycles. The Morgan fingerprint density at radius 2 is 1.85 bits per heavy atom. The number of amidine groups is 2. The summed E-state index contributed by atoms with van der Waals surface area (Å²) in [5, 5.41) is 16.6. The Balaban J connectivity index is 1.47. The van der Waals surface area contributed by atoms with Crippen LogP contribution in [0.5, 0.6) is 0 Å². The van der Waals surface area contributed by atoms with Gasteiger partial charge in [0, 0.05) is 28.5 Å². The lowest BCUT2D eigenvalue weighted by Crippen LogP contribution is -2.35. The predicted molar refractivity (Wildman–Crippen MR) is 140 cm³/mol. The highest BCUT2D eigenvalue weighted by Gasteiger charge is 2.35. The van der Waals surface area contributed by atoms with Gasteiger partial charge in [-0.15, -0.1) is 0 Å². The molecule has 170 valence electrons. The van der Waals surface area contributed by atoms with Gasteiger partial charge in [-0.2, -0.15) is 15.1 Å². The van der Waals surface area contributed by atoms with Crippen molar-refractivity contribution in [2.75, 3.05) is 0 Å². The molecule has 1 aromatic heterocycles. The third-order valence-corrected chi connectivity index (χ3v) is 7.19. The number of aromatic nitrogens is 1. The smallest absolute Gasteiger partial charge is 0.283 e. The molecule has 0 spiro atoms. The van der Waals surface area contributed by atoms with Crippen LogP contribution in [0, 0.1) is 26.2 Å². The minimum Gasteiger partial charge on any atom is -0.318 e. The summed E-state index contributed by atoms with van der Waals surface area (Å²) < 4.78 is 2.09. The van der Waals surface area contributed by atoms with Crippen molar-refractivity contribution in [1.82, 2.24) is 9.58 Å². The third-order valence-electron chi connectivity index (χ3n) is 5.88. The van der Waals surface area contributed by atoms with Crippen LogP contribution in [0.4, 0.5) is 0 Å². The molecule has 1 N–H and O–H groups in total. The largest absolute Gasteiger partial charge is 0.318 e. The van der Waals surface area contributed by atoms with Gasteiger partial charge in [0.2, 0.25) is 5.17 Å². The first kappa shape index (κ1) is 22.4. The first-order valence-electron chi connectivity index (χ1n) is 10.8. The Bertz CT molecular complexity index is 1430. The quantitative estimate of drug-likeness (QED) is 0.464. The molecule has 0 bridgehead atoms. The van der Waals surface area contributed by atoms with Gasteiger partial charge < -0.3 is 4.57 Å². The lowest BCUT2D eigenvalue weighted by Gasteiger charge is -2.20. The molecule has 6 nitrogen and oxygen atoms in total. The standard InChI is InChI=1S/C26H22ClN5OS/c1-15-9-10-20(14-22(15)27)31-16(2)11-19(17(31)3)13-21-24(28)32-26(29-25(21)33)34-23(30-32)12-18-7-5-4-6-8-18/h4-11,13-14,28H,12H2,1-3H3. The minimum atomic E-state index is -0.428. The highest BCUT2D eigenvalue weighted by molar-refractivity contribution is 8.26. The maximum atomic E-state index is 12.9. The number of nitrogens with zero attached hydrogens (tertiary/aromatic N) is 4. The van der Waals surface area contributed by atoms with Crippen molar-refractivity contribution >= 4 is 51.4 Å². The zero-order valence-corrected chi connectivity index (χ0v) is 20.5. The Hall–Kier alpha value is -3.42. The van der Waals surface area contributed by atoms with Crippen molar-refractivity contribution in [3.8, 4) is 5.69 Å². The number of hydrogen-bond acceptors (Lipinski definition) is 4. The van der Waals surface area contributed by atoms with Crippen LogP contribution in [0.3, 0.4) is 0 Å². The van der Waals surface area contributed by atoms with E-state index in [1.165, 1.54) is 16.8 Å². The summed E-state index contributed by atoms with van der Waals surface area (Å²) in [4.78, 5) is 17.1. The molecule has 3 heterocycles.